The van der Waals surface area contributed by atoms with Crippen LogP contribution in [0.1, 0.15) is 25.0 Å². The van der Waals surface area contributed by atoms with Crippen LogP contribution in [0.2, 0.25) is 5.02 Å². The minimum Gasteiger partial charge on any atom is -0.473 e. The van der Waals surface area contributed by atoms with E-state index < -0.39 is 0 Å². The Morgan fingerprint density at radius 2 is 2.00 bits per heavy atom. The second kappa shape index (κ2) is 7.38. The maximum atomic E-state index is 13.3. The van der Waals surface area contributed by atoms with Crippen LogP contribution in [0.15, 0.2) is 36.5 Å². The zero-order chi connectivity index (χ0) is 15.2. The minimum atomic E-state index is -0.366. The molecule has 2 aromatic rings. The first-order valence-corrected chi connectivity index (χ1v) is 7.17. The molecule has 5 heteroatoms. The molecular formula is C16H18ClFN2O. The highest BCUT2D eigenvalue weighted by molar-refractivity contribution is 6.30. The summed E-state index contributed by atoms with van der Waals surface area (Å²) in [5.74, 6) is 0.0777. The Morgan fingerprint density at radius 1 is 1.29 bits per heavy atom. The van der Waals surface area contributed by atoms with Gasteiger partial charge in [-0.05, 0) is 23.8 Å². The van der Waals surface area contributed by atoms with Gasteiger partial charge >= 0.3 is 0 Å². The van der Waals surface area contributed by atoms with Gasteiger partial charge in [0.25, 0.3) is 0 Å². The summed E-state index contributed by atoms with van der Waals surface area (Å²) in [5.41, 5.74) is 1.69. The van der Waals surface area contributed by atoms with Gasteiger partial charge in [-0.1, -0.05) is 37.6 Å². The van der Waals surface area contributed by atoms with E-state index >= 15 is 0 Å². The Hall–Kier alpha value is -1.65. The number of hydrogen-bond donors (Lipinski definition) is 1. The summed E-state index contributed by atoms with van der Waals surface area (Å²) in [5, 5.41) is 3.91. The highest BCUT2D eigenvalue weighted by Gasteiger charge is 2.08. The molecule has 1 heterocycles. The monoisotopic (exact) mass is 308 g/mol. The third-order valence-electron chi connectivity index (χ3n) is 2.88. The van der Waals surface area contributed by atoms with E-state index in [1.165, 1.54) is 6.07 Å². The van der Waals surface area contributed by atoms with Gasteiger partial charge in [-0.25, -0.2) is 9.37 Å². The van der Waals surface area contributed by atoms with E-state index in [-0.39, 0.29) is 5.82 Å². The van der Waals surface area contributed by atoms with Crippen LogP contribution in [-0.2, 0) is 13.2 Å². The maximum Gasteiger partial charge on any atom is 0.218 e. The molecule has 1 aromatic heterocycles. The van der Waals surface area contributed by atoms with E-state index in [2.05, 4.69) is 10.3 Å². The number of nitrogens with zero attached hydrogens (tertiary/aromatic N) is 1. The molecule has 0 atom stereocenters. The van der Waals surface area contributed by atoms with Crippen LogP contribution in [0.4, 0.5) is 4.39 Å². The van der Waals surface area contributed by atoms with Gasteiger partial charge in [0.1, 0.15) is 12.4 Å². The molecule has 0 radical (unpaired) electrons. The van der Waals surface area contributed by atoms with E-state index in [9.17, 15) is 4.39 Å². The predicted octanol–water partition coefficient (Wildman–Crippen LogP) is 3.95. The van der Waals surface area contributed by atoms with Crippen LogP contribution >= 0.6 is 11.6 Å². The largest absolute Gasteiger partial charge is 0.473 e. The molecule has 0 amide bonds. The topological polar surface area (TPSA) is 34.2 Å². The number of rotatable bonds is 6. The van der Waals surface area contributed by atoms with Gasteiger partial charge < -0.3 is 10.1 Å². The lowest BCUT2D eigenvalue weighted by atomic mass is 10.2. The van der Waals surface area contributed by atoms with Gasteiger partial charge in [0, 0.05) is 23.2 Å². The molecule has 0 saturated carbocycles. The van der Waals surface area contributed by atoms with E-state index in [1.807, 2.05) is 26.0 Å². The van der Waals surface area contributed by atoms with E-state index in [0.29, 0.717) is 35.7 Å². The van der Waals surface area contributed by atoms with E-state index in [0.717, 1.165) is 11.8 Å². The average Bonchev–Trinajstić information content (AvgIpc) is 2.45. The summed E-state index contributed by atoms with van der Waals surface area (Å²) in [6, 6.07) is 9.13. The predicted molar refractivity (Wildman–Crippen MR) is 82.0 cm³/mol. The fraction of sp³-hybridized carbons (Fsp3) is 0.312. The van der Waals surface area contributed by atoms with Crippen LogP contribution in [0.5, 0.6) is 5.88 Å². The molecule has 0 fully saturated rings. The molecule has 0 bridgehead atoms. The van der Waals surface area contributed by atoms with Crippen LogP contribution in [0, 0.1) is 5.82 Å². The number of nitrogens with one attached hydrogen (secondary N) is 1. The van der Waals surface area contributed by atoms with Crippen molar-refractivity contribution >= 4 is 11.6 Å². The lowest BCUT2D eigenvalue weighted by Gasteiger charge is -2.13. The normalized spacial score (nSPS) is 10.9. The molecule has 0 aliphatic heterocycles. The smallest absolute Gasteiger partial charge is 0.218 e. The zero-order valence-electron chi connectivity index (χ0n) is 12.1. The Morgan fingerprint density at radius 3 is 2.67 bits per heavy atom. The fourth-order valence-corrected chi connectivity index (χ4v) is 1.90. The summed E-state index contributed by atoms with van der Waals surface area (Å²) < 4.78 is 19.0. The molecule has 0 saturated heterocycles. The zero-order valence-corrected chi connectivity index (χ0v) is 12.8. The molecule has 1 N–H and O–H groups in total. The molecule has 0 unspecified atom stereocenters. The van der Waals surface area contributed by atoms with Crippen molar-refractivity contribution < 1.29 is 9.13 Å². The molecule has 0 spiro atoms. The second-order valence-corrected chi connectivity index (χ2v) is 5.50. The van der Waals surface area contributed by atoms with Crippen molar-refractivity contribution in [2.75, 3.05) is 0 Å². The molecule has 112 valence electrons. The lowest BCUT2D eigenvalue weighted by Crippen LogP contribution is -2.22. The first-order valence-electron chi connectivity index (χ1n) is 6.79. The summed E-state index contributed by atoms with van der Waals surface area (Å²) in [6.45, 7) is 4.94. The van der Waals surface area contributed by atoms with Gasteiger partial charge in [-0.15, -0.1) is 0 Å². The Balaban J connectivity index is 2.06. The highest BCUT2D eigenvalue weighted by atomic mass is 35.5. The first-order chi connectivity index (χ1) is 10.0. The van der Waals surface area contributed by atoms with Crippen molar-refractivity contribution in [1.29, 1.82) is 0 Å². The maximum absolute atomic E-state index is 13.3. The molecular weight excluding hydrogens is 291 g/mol. The molecule has 3 nitrogen and oxygen atoms in total. The fourth-order valence-electron chi connectivity index (χ4n) is 1.77. The van der Waals surface area contributed by atoms with Crippen molar-refractivity contribution in [3.05, 3.63) is 58.5 Å². The molecule has 21 heavy (non-hydrogen) atoms. The Bertz CT molecular complexity index is 587. The van der Waals surface area contributed by atoms with Crippen LogP contribution < -0.4 is 10.1 Å². The molecule has 1 aromatic carbocycles. The van der Waals surface area contributed by atoms with Crippen molar-refractivity contribution in [2.24, 2.45) is 0 Å². The van der Waals surface area contributed by atoms with Crippen LogP contribution in [0.25, 0.3) is 0 Å². The van der Waals surface area contributed by atoms with E-state index in [1.54, 1.807) is 12.1 Å². The number of hydrogen-bond acceptors (Lipinski definition) is 3. The molecule has 2 rings (SSSR count). The Labute approximate surface area is 129 Å². The molecule has 0 aliphatic carbocycles. The van der Waals surface area contributed by atoms with Crippen molar-refractivity contribution in [3.63, 3.8) is 0 Å². The summed E-state index contributed by atoms with van der Waals surface area (Å²) >= 11 is 5.84. The number of halogens is 2. The SMILES string of the molecule is CC(C)NCc1cc(F)cnc1OCc1ccc(Cl)cc1. The lowest BCUT2D eigenvalue weighted by molar-refractivity contribution is 0.288. The third-order valence-corrected chi connectivity index (χ3v) is 3.13. The highest BCUT2D eigenvalue weighted by Crippen LogP contribution is 2.18. The number of ether oxygens (including phenoxy) is 1. The summed E-state index contributed by atoms with van der Waals surface area (Å²) in [7, 11) is 0. The van der Waals surface area contributed by atoms with Gasteiger partial charge in [-0.3, -0.25) is 0 Å². The van der Waals surface area contributed by atoms with Gasteiger partial charge in [0.15, 0.2) is 0 Å². The minimum absolute atomic E-state index is 0.303. The van der Waals surface area contributed by atoms with E-state index in [4.69, 9.17) is 16.3 Å². The van der Waals surface area contributed by atoms with Gasteiger partial charge in [-0.2, -0.15) is 0 Å². The van der Waals surface area contributed by atoms with Crippen molar-refractivity contribution in [2.45, 2.75) is 33.0 Å². The number of aromatic nitrogens is 1. The van der Waals surface area contributed by atoms with Gasteiger partial charge in [0.2, 0.25) is 5.88 Å². The number of benzene rings is 1. The van der Waals surface area contributed by atoms with Crippen LogP contribution in [0.3, 0.4) is 0 Å². The second-order valence-electron chi connectivity index (χ2n) is 5.07. The standard InChI is InChI=1S/C16H18ClFN2O/c1-11(2)19-8-13-7-15(18)9-20-16(13)21-10-12-3-5-14(17)6-4-12/h3-7,9,11,19H,8,10H2,1-2H3. The van der Waals surface area contributed by atoms with Crippen molar-refractivity contribution in [3.8, 4) is 5.88 Å². The quantitative estimate of drug-likeness (QED) is 0.877. The summed E-state index contributed by atoms with van der Waals surface area (Å²) in [4.78, 5) is 4.03. The van der Waals surface area contributed by atoms with Gasteiger partial charge in [0.05, 0.1) is 6.20 Å². The molecule has 0 aliphatic rings. The van der Waals surface area contributed by atoms with Crippen LogP contribution in [-0.4, -0.2) is 11.0 Å². The summed E-state index contributed by atoms with van der Waals surface area (Å²) in [6.07, 6.45) is 1.16. The third kappa shape index (κ3) is 4.99. The number of pyridine rings is 1. The Kier molecular flexibility index (Phi) is 5.53. The first kappa shape index (κ1) is 15.7. The average molecular weight is 309 g/mol. The van der Waals surface area contributed by atoms with Crippen molar-refractivity contribution in [1.82, 2.24) is 10.3 Å².